The Balaban J connectivity index is 1.85. The van der Waals surface area contributed by atoms with Crippen LogP contribution in [0, 0.1) is 5.92 Å². The van der Waals surface area contributed by atoms with Gasteiger partial charge < -0.3 is 9.84 Å². The summed E-state index contributed by atoms with van der Waals surface area (Å²) >= 11 is 0. The summed E-state index contributed by atoms with van der Waals surface area (Å²) in [6.07, 6.45) is 1.11. The van der Waals surface area contributed by atoms with Gasteiger partial charge in [0, 0.05) is 18.2 Å². The van der Waals surface area contributed by atoms with E-state index in [0.717, 1.165) is 19.5 Å². The predicted molar refractivity (Wildman–Crippen MR) is 79.8 cm³/mol. The molecule has 1 heterocycles. The van der Waals surface area contributed by atoms with Crippen LogP contribution in [-0.2, 0) is 0 Å². The van der Waals surface area contributed by atoms with Crippen molar-refractivity contribution in [3.63, 3.8) is 0 Å². The fraction of sp³-hybridized carbons (Fsp3) is 0.533. The minimum Gasteiger partial charge on any atom is -0.492 e. The summed E-state index contributed by atoms with van der Waals surface area (Å²) in [5, 5.41) is 9.41. The van der Waals surface area contributed by atoms with Crippen LogP contribution in [0.25, 0.3) is 0 Å². The van der Waals surface area contributed by atoms with Gasteiger partial charge in [0.15, 0.2) is 0 Å². The Hall–Kier alpha value is -1.63. The topological polar surface area (TPSA) is 87.8 Å². The van der Waals surface area contributed by atoms with E-state index in [1.165, 1.54) is 0 Å². The Morgan fingerprint density at radius 1 is 1.57 bits per heavy atom. The number of aliphatic hydroxyl groups excluding tert-OH is 1. The maximum absolute atomic E-state index is 11.4. The first-order valence-electron chi connectivity index (χ1n) is 7.24. The minimum atomic E-state index is -0.339. The molecule has 116 valence electrons. The minimum absolute atomic E-state index is 0.188. The van der Waals surface area contributed by atoms with E-state index in [9.17, 15) is 9.90 Å². The smallest absolute Gasteiger partial charge is 0.265 e. The number of carbonyl (C=O) groups excluding carboxylic acids is 1. The third kappa shape index (κ3) is 3.93. The largest absolute Gasteiger partial charge is 0.492 e. The van der Waals surface area contributed by atoms with Gasteiger partial charge in [-0.3, -0.25) is 15.1 Å². The molecule has 2 atom stereocenters. The van der Waals surface area contributed by atoms with Crippen molar-refractivity contribution in [2.45, 2.75) is 19.4 Å². The number of nitrogen functional groups attached to an aromatic ring is 1. The number of nitrogens with two attached hydrogens (primary N) is 1. The first-order chi connectivity index (χ1) is 10.2. The number of likely N-dealkylation sites (tertiary alicyclic amines) is 1. The Labute approximate surface area is 124 Å². The number of hydrazine groups is 1. The van der Waals surface area contributed by atoms with Crippen molar-refractivity contribution in [1.82, 2.24) is 10.3 Å². The standard InChI is InChI=1S/C15H23N3O3/c1-11-5-6-18(14(11)10-19)7-8-21-13-4-2-3-12(9-13)15(20)17-16/h2-4,9,11,14,19H,5-8,10,16H2,1H3,(H,17,20). The molecule has 21 heavy (non-hydrogen) atoms. The molecule has 0 aliphatic carbocycles. The van der Waals surface area contributed by atoms with Crippen LogP contribution in [0.5, 0.6) is 5.75 Å². The molecule has 0 radical (unpaired) electrons. The molecule has 1 amide bonds. The van der Waals surface area contributed by atoms with Gasteiger partial charge in [-0.25, -0.2) is 5.84 Å². The zero-order valence-electron chi connectivity index (χ0n) is 12.3. The monoisotopic (exact) mass is 293 g/mol. The molecule has 1 aromatic carbocycles. The van der Waals surface area contributed by atoms with Crippen molar-refractivity contribution in [2.24, 2.45) is 11.8 Å². The van der Waals surface area contributed by atoms with Crippen LogP contribution in [0.1, 0.15) is 23.7 Å². The lowest BCUT2D eigenvalue weighted by molar-refractivity contribution is 0.0952. The van der Waals surface area contributed by atoms with Crippen molar-refractivity contribution in [3.8, 4) is 5.75 Å². The second-order valence-electron chi connectivity index (χ2n) is 5.40. The SMILES string of the molecule is CC1CCN(CCOc2cccc(C(=O)NN)c2)C1CO. The van der Waals surface area contributed by atoms with Crippen LogP contribution in [-0.4, -0.2) is 48.3 Å². The van der Waals surface area contributed by atoms with E-state index < -0.39 is 0 Å². The summed E-state index contributed by atoms with van der Waals surface area (Å²) in [5.74, 6) is 5.93. The zero-order chi connectivity index (χ0) is 15.2. The molecule has 0 saturated carbocycles. The van der Waals surface area contributed by atoms with Crippen LogP contribution in [0.15, 0.2) is 24.3 Å². The van der Waals surface area contributed by atoms with E-state index in [4.69, 9.17) is 10.6 Å². The Morgan fingerprint density at radius 3 is 3.10 bits per heavy atom. The van der Waals surface area contributed by atoms with E-state index in [-0.39, 0.29) is 18.6 Å². The molecule has 1 aromatic rings. The Bertz CT molecular complexity index is 481. The lowest BCUT2D eigenvalue weighted by atomic mass is 10.0. The van der Waals surface area contributed by atoms with Gasteiger partial charge in [0.05, 0.1) is 6.61 Å². The molecule has 1 aliphatic heterocycles. The quantitative estimate of drug-likeness (QED) is 0.401. The van der Waals surface area contributed by atoms with Crippen LogP contribution in [0.4, 0.5) is 0 Å². The molecule has 4 N–H and O–H groups in total. The fourth-order valence-electron chi connectivity index (χ4n) is 2.75. The van der Waals surface area contributed by atoms with Crippen LogP contribution in [0.3, 0.4) is 0 Å². The number of nitrogens with one attached hydrogen (secondary N) is 1. The molecular weight excluding hydrogens is 270 g/mol. The third-order valence-electron chi connectivity index (χ3n) is 4.06. The first-order valence-corrected chi connectivity index (χ1v) is 7.24. The molecule has 2 unspecified atom stereocenters. The van der Waals surface area contributed by atoms with E-state index >= 15 is 0 Å². The van der Waals surface area contributed by atoms with Crippen LogP contribution < -0.4 is 16.0 Å². The normalized spacial score (nSPS) is 22.2. The number of hydrogen-bond acceptors (Lipinski definition) is 5. The van der Waals surface area contributed by atoms with Gasteiger partial charge in [0.1, 0.15) is 12.4 Å². The number of aliphatic hydroxyl groups is 1. The maximum atomic E-state index is 11.4. The number of carbonyl (C=O) groups is 1. The third-order valence-corrected chi connectivity index (χ3v) is 4.06. The predicted octanol–water partition coefficient (Wildman–Crippen LogP) is 0.372. The first kappa shape index (κ1) is 15.8. The van der Waals surface area contributed by atoms with Crippen molar-refractivity contribution in [3.05, 3.63) is 29.8 Å². The molecule has 6 heteroatoms. The number of hydrogen-bond donors (Lipinski definition) is 3. The van der Waals surface area contributed by atoms with Gasteiger partial charge in [-0.1, -0.05) is 13.0 Å². The summed E-state index contributed by atoms with van der Waals surface area (Å²) in [6, 6.07) is 7.14. The lowest BCUT2D eigenvalue weighted by Gasteiger charge is -2.24. The zero-order valence-corrected chi connectivity index (χ0v) is 12.3. The molecule has 1 aliphatic rings. The maximum Gasteiger partial charge on any atom is 0.265 e. The average molecular weight is 293 g/mol. The Kier molecular flexibility index (Phi) is 5.55. The van der Waals surface area contributed by atoms with Gasteiger partial charge in [-0.2, -0.15) is 0 Å². The highest BCUT2D eigenvalue weighted by Gasteiger charge is 2.29. The van der Waals surface area contributed by atoms with Gasteiger partial charge >= 0.3 is 0 Å². The second kappa shape index (κ2) is 7.40. The molecule has 0 bridgehead atoms. The van der Waals surface area contributed by atoms with Gasteiger partial charge in [0.2, 0.25) is 0 Å². The Morgan fingerprint density at radius 2 is 2.38 bits per heavy atom. The highest BCUT2D eigenvalue weighted by atomic mass is 16.5. The van der Waals surface area contributed by atoms with Crippen molar-refractivity contribution >= 4 is 5.91 Å². The molecular formula is C15H23N3O3. The number of rotatable bonds is 6. The summed E-state index contributed by atoms with van der Waals surface area (Å²) < 4.78 is 5.69. The molecule has 2 rings (SSSR count). The number of amides is 1. The van der Waals surface area contributed by atoms with Crippen molar-refractivity contribution < 1.29 is 14.6 Å². The molecule has 1 saturated heterocycles. The number of benzene rings is 1. The molecule has 1 fully saturated rings. The number of nitrogens with zero attached hydrogens (tertiary/aromatic N) is 1. The van der Waals surface area contributed by atoms with E-state index in [0.29, 0.717) is 23.8 Å². The average Bonchev–Trinajstić information content (AvgIpc) is 2.87. The lowest BCUT2D eigenvalue weighted by Crippen LogP contribution is -2.37. The van der Waals surface area contributed by atoms with Crippen molar-refractivity contribution in [1.29, 1.82) is 0 Å². The van der Waals surface area contributed by atoms with Gasteiger partial charge in [0.25, 0.3) is 5.91 Å². The highest BCUT2D eigenvalue weighted by Crippen LogP contribution is 2.23. The fourth-order valence-corrected chi connectivity index (χ4v) is 2.75. The summed E-state index contributed by atoms with van der Waals surface area (Å²) in [6.45, 7) is 4.63. The van der Waals surface area contributed by atoms with Crippen LogP contribution in [0.2, 0.25) is 0 Å². The van der Waals surface area contributed by atoms with Gasteiger partial charge in [-0.05, 0) is 37.1 Å². The summed E-state index contributed by atoms with van der Waals surface area (Å²) in [7, 11) is 0. The second-order valence-corrected chi connectivity index (χ2v) is 5.40. The summed E-state index contributed by atoms with van der Waals surface area (Å²) in [5.41, 5.74) is 2.57. The summed E-state index contributed by atoms with van der Waals surface area (Å²) in [4.78, 5) is 13.7. The molecule has 0 spiro atoms. The van der Waals surface area contributed by atoms with E-state index in [1.807, 2.05) is 6.07 Å². The van der Waals surface area contributed by atoms with Gasteiger partial charge in [-0.15, -0.1) is 0 Å². The van der Waals surface area contributed by atoms with Crippen LogP contribution >= 0.6 is 0 Å². The molecule has 6 nitrogen and oxygen atoms in total. The van der Waals surface area contributed by atoms with E-state index in [2.05, 4.69) is 17.2 Å². The number of ether oxygens (including phenoxy) is 1. The van der Waals surface area contributed by atoms with E-state index in [1.54, 1.807) is 18.2 Å². The highest BCUT2D eigenvalue weighted by molar-refractivity contribution is 5.94. The van der Waals surface area contributed by atoms with Crippen molar-refractivity contribution in [2.75, 3.05) is 26.3 Å². The molecule has 0 aromatic heterocycles.